The van der Waals surface area contributed by atoms with Gasteiger partial charge in [0.1, 0.15) is 12.4 Å². The van der Waals surface area contributed by atoms with Crippen molar-refractivity contribution in [1.82, 2.24) is 4.98 Å². The van der Waals surface area contributed by atoms with Crippen LogP contribution in [0.15, 0.2) is 60.8 Å². The topological polar surface area (TPSA) is 45.9 Å². The smallest absolute Gasteiger partial charge is 0.129 e. The van der Waals surface area contributed by atoms with Crippen LogP contribution in [0.25, 0.3) is 10.9 Å². The van der Waals surface area contributed by atoms with E-state index < -0.39 is 0 Å². The van der Waals surface area contributed by atoms with Crippen LogP contribution in [0, 0.1) is 11.3 Å². The van der Waals surface area contributed by atoms with Crippen LogP contribution in [0.4, 0.5) is 0 Å². The van der Waals surface area contributed by atoms with E-state index in [4.69, 9.17) is 10.00 Å². The van der Waals surface area contributed by atoms with E-state index in [0.717, 1.165) is 22.2 Å². The van der Waals surface area contributed by atoms with Crippen molar-refractivity contribution in [2.24, 2.45) is 0 Å². The van der Waals surface area contributed by atoms with Crippen molar-refractivity contribution < 1.29 is 4.74 Å². The largest absolute Gasteiger partial charge is 0.488 e. The molecule has 3 heteroatoms. The lowest BCUT2D eigenvalue weighted by atomic mass is 10.1. The molecule has 0 N–H and O–H groups in total. The Morgan fingerprint density at radius 2 is 1.95 bits per heavy atom. The van der Waals surface area contributed by atoms with Crippen LogP contribution in [0.3, 0.4) is 0 Å². The molecular weight excluding hydrogens is 248 g/mol. The first-order valence-corrected chi connectivity index (χ1v) is 6.32. The lowest BCUT2D eigenvalue weighted by Gasteiger charge is -2.09. The third kappa shape index (κ3) is 2.45. The van der Waals surface area contributed by atoms with Crippen LogP contribution < -0.4 is 4.74 Å². The van der Waals surface area contributed by atoms with E-state index in [1.807, 2.05) is 48.5 Å². The zero-order valence-electron chi connectivity index (χ0n) is 10.8. The number of nitrogens with zero attached hydrogens (tertiary/aromatic N) is 2. The normalized spacial score (nSPS) is 10.2. The fourth-order valence-corrected chi connectivity index (χ4v) is 2.09. The molecule has 0 bridgehead atoms. The van der Waals surface area contributed by atoms with Crippen molar-refractivity contribution in [1.29, 1.82) is 5.26 Å². The molecule has 1 aromatic heterocycles. The molecule has 0 spiro atoms. The van der Waals surface area contributed by atoms with Crippen LogP contribution in [0.2, 0.25) is 0 Å². The highest BCUT2D eigenvalue weighted by atomic mass is 16.5. The second-order valence-electron chi connectivity index (χ2n) is 4.43. The molecule has 0 aliphatic carbocycles. The summed E-state index contributed by atoms with van der Waals surface area (Å²) in [5.74, 6) is 0.804. The first-order chi connectivity index (χ1) is 9.86. The van der Waals surface area contributed by atoms with Gasteiger partial charge >= 0.3 is 0 Å². The molecule has 0 unspecified atom stereocenters. The summed E-state index contributed by atoms with van der Waals surface area (Å²) in [7, 11) is 0. The van der Waals surface area contributed by atoms with Gasteiger partial charge < -0.3 is 4.74 Å². The SMILES string of the molecule is N#Cc1cccc(COc2cccc3ncccc23)c1. The van der Waals surface area contributed by atoms with E-state index >= 15 is 0 Å². The van der Waals surface area contributed by atoms with E-state index in [-0.39, 0.29) is 0 Å². The van der Waals surface area contributed by atoms with Gasteiger partial charge in [-0.15, -0.1) is 0 Å². The van der Waals surface area contributed by atoms with Gasteiger partial charge in [-0.05, 0) is 42.0 Å². The number of rotatable bonds is 3. The number of benzene rings is 2. The van der Waals surface area contributed by atoms with Gasteiger partial charge in [0.25, 0.3) is 0 Å². The highest BCUT2D eigenvalue weighted by Gasteiger charge is 2.03. The van der Waals surface area contributed by atoms with Gasteiger partial charge in [-0.2, -0.15) is 5.26 Å². The predicted octanol–water partition coefficient (Wildman–Crippen LogP) is 3.69. The Bertz CT molecular complexity index is 785. The van der Waals surface area contributed by atoms with Gasteiger partial charge in [0.2, 0.25) is 0 Å². The minimum Gasteiger partial charge on any atom is -0.488 e. The van der Waals surface area contributed by atoms with Crippen LogP contribution in [-0.4, -0.2) is 4.98 Å². The molecule has 96 valence electrons. The summed E-state index contributed by atoms with van der Waals surface area (Å²) in [5.41, 5.74) is 2.53. The molecule has 0 aliphatic heterocycles. The zero-order chi connectivity index (χ0) is 13.8. The molecule has 20 heavy (non-hydrogen) atoms. The number of ether oxygens (including phenoxy) is 1. The Labute approximate surface area is 117 Å². The average molecular weight is 260 g/mol. The number of pyridine rings is 1. The summed E-state index contributed by atoms with van der Waals surface area (Å²) >= 11 is 0. The maximum atomic E-state index is 8.89. The van der Waals surface area contributed by atoms with Crippen molar-refractivity contribution in [3.05, 3.63) is 71.9 Å². The Kier molecular flexibility index (Phi) is 3.30. The minimum absolute atomic E-state index is 0.434. The number of hydrogen-bond acceptors (Lipinski definition) is 3. The first kappa shape index (κ1) is 12.2. The minimum atomic E-state index is 0.434. The van der Waals surface area contributed by atoms with Gasteiger partial charge in [0.15, 0.2) is 0 Å². The molecule has 0 fully saturated rings. The number of hydrogen-bond donors (Lipinski definition) is 0. The van der Waals surface area contributed by atoms with Gasteiger partial charge in [-0.1, -0.05) is 18.2 Å². The molecule has 0 atom stereocenters. The highest BCUT2D eigenvalue weighted by molar-refractivity contribution is 5.84. The summed E-state index contributed by atoms with van der Waals surface area (Å²) in [6.45, 7) is 0.434. The lowest BCUT2D eigenvalue weighted by Crippen LogP contribution is -1.96. The van der Waals surface area contributed by atoms with Crippen molar-refractivity contribution in [2.75, 3.05) is 0 Å². The molecule has 3 rings (SSSR count). The molecule has 0 aliphatic rings. The van der Waals surface area contributed by atoms with E-state index in [0.29, 0.717) is 12.2 Å². The maximum Gasteiger partial charge on any atom is 0.129 e. The van der Waals surface area contributed by atoms with Crippen molar-refractivity contribution in [2.45, 2.75) is 6.61 Å². The Balaban J connectivity index is 1.85. The van der Waals surface area contributed by atoms with Crippen LogP contribution in [0.1, 0.15) is 11.1 Å². The zero-order valence-corrected chi connectivity index (χ0v) is 10.8. The van der Waals surface area contributed by atoms with Crippen LogP contribution >= 0.6 is 0 Å². The first-order valence-electron chi connectivity index (χ1n) is 6.32. The molecular formula is C17H12N2O. The van der Waals surface area contributed by atoms with Gasteiger partial charge in [-0.3, -0.25) is 4.98 Å². The average Bonchev–Trinajstić information content (AvgIpc) is 2.53. The molecule has 0 amide bonds. The van der Waals surface area contributed by atoms with Gasteiger partial charge in [-0.25, -0.2) is 0 Å². The van der Waals surface area contributed by atoms with Crippen LogP contribution in [-0.2, 0) is 6.61 Å². The fraction of sp³-hybridized carbons (Fsp3) is 0.0588. The van der Waals surface area contributed by atoms with Crippen LogP contribution in [0.5, 0.6) is 5.75 Å². The standard InChI is InChI=1S/C17H12N2O/c18-11-13-4-1-5-14(10-13)12-20-17-8-2-7-16-15(17)6-3-9-19-16/h1-10H,12H2. The summed E-state index contributed by atoms with van der Waals surface area (Å²) in [5, 5.41) is 9.88. The monoisotopic (exact) mass is 260 g/mol. The molecule has 0 saturated carbocycles. The molecule has 3 nitrogen and oxygen atoms in total. The molecule has 0 saturated heterocycles. The van der Waals surface area contributed by atoms with E-state index in [1.54, 1.807) is 12.3 Å². The Morgan fingerprint density at radius 1 is 1.05 bits per heavy atom. The summed E-state index contributed by atoms with van der Waals surface area (Å²) in [6.07, 6.45) is 1.77. The van der Waals surface area contributed by atoms with E-state index in [2.05, 4.69) is 11.1 Å². The molecule has 3 aromatic rings. The Morgan fingerprint density at radius 3 is 2.85 bits per heavy atom. The maximum absolute atomic E-state index is 8.89. The van der Waals surface area contributed by atoms with E-state index in [1.165, 1.54) is 0 Å². The van der Waals surface area contributed by atoms with Crippen molar-refractivity contribution >= 4 is 10.9 Å². The lowest BCUT2D eigenvalue weighted by molar-refractivity contribution is 0.310. The Hall–Kier alpha value is -2.86. The predicted molar refractivity (Wildman–Crippen MR) is 77.2 cm³/mol. The molecule has 1 heterocycles. The van der Waals surface area contributed by atoms with Gasteiger partial charge in [0, 0.05) is 11.6 Å². The third-order valence-electron chi connectivity index (χ3n) is 3.06. The van der Waals surface area contributed by atoms with E-state index in [9.17, 15) is 0 Å². The van der Waals surface area contributed by atoms with Crippen molar-refractivity contribution in [3.63, 3.8) is 0 Å². The number of fused-ring (bicyclic) bond motifs is 1. The third-order valence-corrected chi connectivity index (χ3v) is 3.06. The second kappa shape index (κ2) is 5.41. The fourth-order valence-electron chi connectivity index (χ4n) is 2.09. The molecule has 0 radical (unpaired) electrons. The summed E-state index contributed by atoms with van der Waals surface area (Å²) in [4.78, 5) is 4.30. The number of nitriles is 1. The summed E-state index contributed by atoms with van der Waals surface area (Å²) < 4.78 is 5.86. The quantitative estimate of drug-likeness (QED) is 0.721. The number of aromatic nitrogens is 1. The highest BCUT2D eigenvalue weighted by Crippen LogP contribution is 2.24. The van der Waals surface area contributed by atoms with Gasteiger partial charge in [0.05, 0.1) is 17.1 Å². The van der Waals surface area contributed by atoms with Crippen molar-refractivity contribution in [3.8, 4) is 11.8 Å². The summed E-state index contributed by atoms with van der Waals surface area (Å²) in [6, 6.07) is 19.3. The molecule has 2 aromatic carbocycles. The second-order valence-corrected chi connectivity index (χ2v) is 4.43.